The second-order valence-electron chi connectivity index (χ2n) is 4.22. The molecule has 2 rings (SSSR count). The molecular formula is C13H9F2NO4S. The zero-order valence-corrected chi connectivity index (χ0v) is 11.3. The van der Waals surface area contributed by atoms with E-state index in [9.17, 15) is 27.3 Å². The van der Waals surface area contributed by atoms with Gasteiger partial charge in [-0.25, -0.2) is 12.8 Å². The van der Waals surface area contributed by atoms with Crippen LogP contribution in [0.15, 0.2) is 47.4 Å². The van der Waals surface area contributed by atoms with Crippen molar-refractivity contribution in [2.75, 3.05) is 0 Å². The predicted octanol–water partition coefficient (Wildman–Crippen LogP) is 2.85. The van der Waals surface area contributed by atoms with Crippen LogP contribution in [0.5, 0.6) is 0 Å². The summed E-state index contributed by atoms with van der Waals surface area (Å²) in [6.45, 7) is 0. The lowest BCUT2D eigenvalue weighted by Gasteiger charge is -2.06. The molecule has 0 unspecified atom stereocenters. The Morgan fingerprint density at radius 1 is 1.05 bits per heavy atom. The third kappa shape index (κ3) is 3.22. The van der Waals surface area contributed by atoms with E-state index in [0.717, 1.165) is 36.4 Å². The molecule has 5 nitrogen and oxygen atoms in total. The lowest BCUT2D eigenvalue weighted by Crippen LogP contribution is -2.07. The average Bonchev–Trinajstić information content (AvgIpc) is 2.41. The van der Waals surface area contributed by atoms with Crippen LogP contribution in [0, 0.1) is 21.7 Å². The molecule has 0 radical (unpaired) electrons. The summed E-state index contributed by atoms with van der Waals surface area (Å²) in [5, 5.41) is 10.6. The molecule has 0 N–H and O–H groups in total. The van der Waals surface area contributed by atoms with Crippen LogP contribution >= 0.6 is 0 Å². The highest BCUT2D eigenvalue weighted by molar-refractivity contribution is 7.90. The van der Waals surface area contributed by atoms with Gasteiger partial charge in [0.05, 0.1) is 15.6 Å². The highest BCUT2D eigenvalue weighted by Gasteiger charge is 2.22. The molecule has 0 aliphatic heterocycles. The summed E-state index contributed by atoms with van der Waals surface area (Å²) < 4.78 is 50.8. The molecule has 0 saturated heterocycles. The largest absolute Gasteiger partial charge is 0.305 e. The molecule has 0 aliphatic rings. The van der Waals surface area contributed by atoms with Gasteiger partial charge < -0.3 is 0 Å². The third-order valence-electron chi connectivity index (χ3n) is 2.77. The molecule has 21 heavy (non-hydrogen) atoms. The number of hydrogen-bond acceptors (Lipinski definition) is 4. The highest BCUT2D eigenvalue weighted by atomic mass is 32.2. The minimum absolute atomic E-state index is 0.185. The van der Waals surface area contributed by atoms with Crippen molar-refractivity contribution in [2.24, 2.45) is 0 Å². The summed E-state index contributed by atoms with van der Waals surface area (Å²) in [6.07, 6.45) is 0. The molecule has 0 saturated carbocycles. The third-order valence-corrected chi connectivity index (χ3v) is 4.45. The average molecular weight is 313 g/mol. The molecule has 0 fully saturated rings. The number of halogens is 2. The Bertz CT molecular complexity index is 788. The minimum atomic E-state index is -3.92. The van der Waals surface area contributed by atoms with Crippen molar-refractivity contribution in [1.82, 2.24) is 0 Å². The standard InChI is InChI=1S/C13H9F2NO4S/c14-10-4-6-11(7-5-10)21(19,20)8-9-2-1-3-12(13(9)15)16(17)18/h1-7H,8H2. The van der Waals surface area contributed by atoms with E-state index in [1.54, 1.807) is 0 Å². The van der Waals surface area contributed by atoms with E-state index in [1.165, 1.54) is 6.07 Å². The van der Waals surface area contributed by atoms with E-state index in [1.807, 2.05) is 0 Å². The molecule has 2 aromatic carbocycles. The van der Waals surface area contributed by atoms with Gasteiger partial charge in [-0.1, -0.05) is 12.1 Å². The lowest BCUT2D eigenvalue weighted by molar-refractivity contribution is -0.387. The molecule has 0 aliphatic carbocycles. The van der Waals surface area contributed by atoms with Crippen molar-refractivity contribution in [3.8, 4) is 0 Å². The number of sulfone groups is 1. The van der Waals surface area contributed by atoms with Crippen LogP contribution in [0.4, 0.5) is 14.5 Å². The fraction of sp³-hybridized carbons (Fsp3) is 0.0769. The maximum absolute atomic E-state index is 13.9. The van der Waals surface area contributed by atoms with Gasteiger partial charge in [-0.15, -0.1) is 0 Å². The minimum Gasteiger partial charge on any atom is -0.258 e. The molecule has 110 valence electrons. The molecule has 0 bridgehead atoms. The number of nitro groups is 1. The predicted molar refractivity (Wildman–Crippen MR) is 70.3 cm³/mol. The Kier molecular flexibility index (Phi) is 3.99. The maximum atomic E-state index is 13.9. The van der Waals surface area contributed by atoms with Crippen LogP contribution in [0.2, 0.25) is 0 Å². The Labute approximate surface area is 118 Å². The first-order chi connectivity index (χ1) is 9.81. The fourth-order valence-corrected chi connectivity index (χ4v) is 3.10. The Balaban J connectivity index is 2.39. The summed E-state index contributed by atoms with van der Waals surface area (Å²) in [5.74, 6) is -2.53. The van der Waals surface area contributed by atoms with Crippen molar-refractivity contribution in [3.05, 3.63) is 69.8 Å². The number of rotatable bonds is 4. The van der Waals surface area contributed by atoms with Crippen LogP contribution in [0.3, 0.4) is 0 Å². The van der Waals surface area contributed by atoms with Crippen molar-refractivity contribution in [1.29, 1.82) is 0 Å². The fourth-order valence-electron chi connectivity index (χ4n) is 1.75. The Hall–Kier alpha value is -2.35. The number of nitrogens with zero attached hydrogens (tertiary/aromatic N) is 1. The molecule has 0 amide bonds. The summed E-state index contributed by atoms with van der Waals surface area (Å²) in [5.41, 5.74) is -1.10. The summed E-state index contributed by atoms with van der Waals surface area (Å²) in [4.78, 5) is 9.51. The topological polar surface area (TPSA) is 77.3 Å². The van der Waals surface area contributed by atoms with Crippen LogP contribution in [-0.4, -0.2) is 13.3 Å². The molecule has 0 aromatic heterocycles. The van der Waals surface area contributed by atoms with Gasteiger partial charge >= 0.3 is 5.69 Å². The van der Waals surface area contributed by atoms with Crippen molar-refractivity contribution in [2.45, 2.75) is 10.6 Å². The second kappa shape index (κ2) is 5.57. The van der Waals surface area contributed by atoms with Gasteiger partial charge in [0.25, 0.3) is 0 Å². The van der Waals surface area contributed by atoms with Crippen LogP contribution in [-0.2, 0) is 15.6 Å². The van der Waals surface area contributed by atoms with E-state index in [4.69, 9.17) is 0 Å². The number of nitro benzene ring substituents is 1. The maximum Gasteiger partial charge on any atom is 0.305 e. The first kappa shape index (κ1) is 15.0. The molecule has 8 heteroatoms. The summed E-state index contributed by atoms with van der Waals surface area (Å²) in [6, 6.07) is 7.36. The van der Waals surface area contributed by atoms with Crippen molar-refractivity contribution >= 4 is 15.5 Å². The van der Waals surface area contributed by atoms with E-state index < -0.39 is 37.8 Å². The van der Waals surface area contributed by atoms with Gasteiger partial charge in [-0.05, 0) is 24.3 Å². The lowest BCUT2D eigenvalue weighted by atomic mass is 10.2. The van der Waals surface area contributed by atoms with Gasteiger partial charge in [0.2, 0.25) is 5.82 Å². The SMILES string of the molecule is O=[N+]([O-])c1cccc(CS(=O)(=O)c2ccc(F)cc2)c1F. The zero-order valence-electron chi connectivity index (χ0n) is 10.5. The molecule has 0 heterocycles. The molecule has 2 aromatic rings. The molecular weight excluding hydrogens is 304 g/mol. The van der Waals surface area contributed by atoms with Gasteiger partial charge in [-0.3, -0.25) is 10.1 Å². The van der Waals surface area contributed by atoms with Crippen molar-refractivity contribution in [3.63, 3.8) is 0 Å². The summed E-state index contributed by atoms with van der Waals surface area (Å²) >= 11 is 0. The van der Waals surface area contributed by atoms with E-state index in [-0.39, 0.29) is 10.5 Å². The van der Waals surface area contributed by atoms with E-state index >= 15 is 0 Å². The van der Waals surface area contributed by atoms with Crippen LogP contribution in [0.25, 0.3) is 0 Å². The van der Waals surface area contributed by atoms with Gasteiger partial charge in [0, 0.05) is 11.6 Å². The number of hydrogen-bond donors (Lipinski definition) is 0. The smallest absolute Gasteiger partial charge is 0.258 e. The van der Waals surface area contributed by atoms with Crippen LogP contribution in [0.1, 0.15) is 5.56 Å². The van der Waals surface area contributed by atoms with Crippen molar-refractivity contribution < 1.29 is 22.1 Å². The monoisotopic (exact) mass is 313 g/mol. The van der Waals surface area contributed by atoms with Gasteiger partial charge in [0.1, 0.15) is 5.82 Å². The Morgan fingerprint density at radius 2 is 1.67 bits per heavy atom. The number of benzene rings is 2. The quantitative estimate of drug-likeness (QED) is 0.494. The Morgan fingerprint density at radius 3 is 2.24 bits per heavy atom. The second-order valence-corrected chi connectivity index (χ2v) is 6.21. The van der Waals surface area contributed by atoms with E-state index in [0.29, 0.717) is 0 Å². The summed E-state index contributed by atoms with van der Waals surface area (Å²) in [7, 11) is -3.92. The molecule has 0 spiro atoms. The van der Waals surface area contributed by atoms with Gasteiger partial charge in [0.15, 0.2) is 9.84 Å². The van der Waals surface area contributed by atoms with E-state index in [2.05, 4.69) is 0 Å². The first-order valence-corrected chi connectivity index (χ1v) is 7.36. The highest BCUT2D eigenvalue weighted by Crippen LogP contribution is 2.24. The van der Waals surface area contributed by atoms with Gasteiger partial charge in [-0.2, -0.15) is 4.39 Å². The normalized spacial score (nSPS) is 11.3. The first-order valence-electron chi connectivity index (χ1n) is 5.71. The molecule has 0 atom stereocenters. The van der Waals surface area contributed by atoms with Crippen LogP contribution < -0.4 is 0 Å². The zero-order chi connectivity index (χ0) is 15.6.